The first kappa shape index (κ1) is 20.9. The molecule has 1 N–H and O–H groups in total. The number of H-pyrrole nitrogens is 1. The third-order valence-electron chi connectivity index (χ3n) is 5.04. The number of nitrogens with one attached hydrogen (secondary N) is 1. The predicted molar refractivity (Wildman–Crippen MR) is 118 cm³/mol. The second kappa shape index (κ2) is 8.41. The van der Waals surface area contributed by atoms with Crippen LogP contribution in [-0.2, 0) is 10.0 Å². The maximum absolute atomic E-state index is 13.2. The molecule has 9 heteroatoms. The van der Waals surface area contributed by atoms with Gasteiger partial charge >= 0.3 is 0 Å². The van der Waals surface area contributed by atoms with Crippen molar-refractivity contribution < 1.29 is 13.2 Å². The van der Waals surface area contributed by atoms with Gasteiger partial charge in [-0.05, 0) is 24.3 Å². The number of pyridine rings is 1. The molecule has 0 saturated carbocycles. The first-order valence-electron chi connectivity index (χ1n) is 9.85. The molecule has 1 fully saturated rings. The van der Waals surface area contributed by atoms with Crippen molar-refractivity contribution in [3.05, 3.63) is 54.4 Å². The zero-order valence-corrected chi connectivity index (χ0v) is 18.5. The number of sulfonamides is 1. The highest BCUT2D eigenvalue weighted by molar-refractivity contribution is 8.00. The third-order valence-corrected chi connectivity index (χ3v) is 8.06. The monoisotopic (exact) mass is 444 g/mol. The number of hydrogen-bond acceptors (Lipinski definition) is 5. The molecule has 0 aliphatic carbocycles. The van der Waals surface area contributed by atoms with E-state index in [1.165, 1.54) is 10.5 Å². The summed E-state index contributed by atoms with van der Waals surface area (Å²) in [6.45, 7) is 5.44. The number of piperazine rings is 1. The molecule has 1 aliphatic heterocycles. The van der Waals surface area contributed by atoms with Gasteiger partial charge in [-0.1, -0.05) is 26.0 Å². The average molecular weight is 445 g/mol. The van der Waals surface area contributed by atoms with Gasteiger partial charge in [0.15, 0.2) is 0 Å². The van der Waals surface area contributed by atoms with Gasteiger partial charge in [-0.3, -0.25) is 4.79 Å². The molecule has 0 spiro atoms. The Bertz CT molecular complexity index is 1170. The molecule has 3 heterocycles. The minimum atomic E-state index is -3.66. The fourth-order valence-corrected chi connectivity index (χ4v) is 6.11. The molecule has 2 aromatic heterocycles. The fourth-order valence-electron chi connectivity index (χ4n) is 3.59. The molecule has 1 saturated heterocycles. The molecule has 0 radical (unpaired) electrons. The van der Waals surface area contributed by atoms with Crippen LogP contribution in [0.25, 0.3) is 11.0 Å². The van der Waals surface area contributed by atoms with Crippen LogP contribution in [0.15, 0.2) is 58.6 Å². The summed E-state index contributed by atoms with van der Waals surface area (Å²) in [5.41, 5.74) is 1.22. The molecule has 7 nitrogen and oxygen atoms in total. The van der Waals surface area contributed by atoms with Crippen molar-refractivity contribution in [1.82, 2.24) is 19.2 Å². The Hall–Kier alpha value is -2.36. The van der Waals surface area contributed by atoms with E-state index in [1.807, 2.05) is 24.3 Å². The zero-order chi connectivity index (χ0) is 21.3. The van der Waals surface area contributed by atoms with E-state index < -0.39 is 10.0 Å². The Kier molecular flexibility index (Phi) is 5.86. The van der Waals surface area contributed by atoms with Crippen molar-refractivity contribution in [3.63, 3.8) is 0 Å². The number of thioether (sulfide) groups is 1. The number of fused-ring (bicyclic) bond motifs is 1. The molecule has 158 valence electrons. The molecule has 3 aromatic rings. The van der Waals surface area contributed by atoms with Gasteiger partial charge in [-0.2, -0.15) is 4.31 Å². The van der Waals surface area contributed by atoms with Crippen LogP contribution in [0.2, 0.25) is 0 Å². The highest BCUT2D eigenvalue weighted by atomic mass is 32.2. The summed E-state index contributed by atoms with van der Waals surface area (Å²) in [4.78, 5) is 23.1. The highest BCUT2D eigenvalue weighted by Gasteiger charge is 2.32. The average Bonchev–Trinajstić information content (AvgIpc) is 3.18. The molecular formula is C21H24N4O3S2. The standard InChI is InChI=1S/C21H24N4O3S2/c1-15(2)29-18-8-4-3-6-16(18)21(26)24-10-12-25(13-11-24)30(27,28)19-14-23-20-17(19)7-5-9-22-20/h3-9,14-15H,10-13H2,1-2H3,(H,22,23). The summed E-state index contributed by atoms with van der Waals surface area (Å²) in [5.74, 6) is -0.0490. The molecule has 1 amide bonds. The van der Waals surface area contributed by atoms with Crippen LogP contribution in [-0.4, -0.2) is 64.9 Å². The van der Waals surface area contributed by atoms with Gasteiger partial charge in [-0.15, -0.1) is 11.8 Å². The fraction of sp³-hybridized carbons (Fsp3) is 0.333. The van der Waals surface area contributed by atoms with Crippen LogP contribution in [0, 0.1) is 0 Å². The van der Waals surface area contributed by atoms with Gasteiger partial charge in [0.05, 0.1) is 5.56 Å². The Morgan fingerprint density at radius 3 is 2.57 bits per heavy atom. The molecule has 1 aromatic carbocycles. The predicted octanol–water partition coefficient (Wildman–Crippen LogP) is 3.21. The Balaban J connectivity index is 1.50. The molecule has 4 rings (SSSR count). The number of carbonyl (C=O) groups excluding carboxylic acids is 1. The van der Waals surface area contributed by atoms with Crippen molar-refractivity contribution in [2.24, 2.45) is 0 Å². The number of amides is 1. The Morgan fingerprint density at radius 1 is 1.10 bits per heavy atom. The second-order valence-corrected chi connectivity index (χ2v) is 10.9. The van der Waals surface area contributed by atoms with Crippen molar-refractivity contribution in [2.75, 3.05) is 26.2 Å². The van der Waals surface area contributed by atoms with Crippen molar-refractivity contribution >= 4 is 38.7 Å². The number of benzene rings is 1. The highest BCUT2D eigenvalue weighted by Crippen LogP contribution is 2.29. The minimum absolute atomic E-state index is 0.0490. The molecule has 0 atom stereocenters. The van der Waals surface area contributed by atoms with E-state index in [2.05, 4.69) is 23.8 Å². The van der Waals surface area contributed by atoms with Gasteiger partial charge in [0.1, 0.15) is 10.5 Å². The van der Waals surface area contributed by atoms with Crippen LogP contribution < -0.4 is 0 Å². The minimum Gasteiger partial charge on any atom is -0.345 e. The molecular weight excluding hydrogens is 420 g/mol. The van der Waals surface area contributed by atoms with E-state index in [-0.39, 0.29) is 23.9 Å². The van der Waals surface area contributed by atoms with Crippen molar-refractivity contribution in [2.45, 2.75) is 28.9 Å². The SMILES string of the molecule is CC(C)Sc1ccccc1C(=O)N1CCN(S(=O)(=O)c2c[nH]c3ncccc23)CC1. The number of nitrogens with zero attached hydrogens (tertiary/aromatic N) is 3. The summed E-state index contributed by atoms with van der Waals surface area (Å²) in [6, 6.07) is 11.1. The molecule has 0 bridgehead atoms. The lowest BCUT2D eigenvalue weighted by Crippen LogP contribution is -2.50. The van der Waals surface area contributed by atoms with Gasteiger partial charge < -0.3 is 9.88 Å². The molecule has 0 unspecified atom stereocenters. The van der Waals surface area contributed by atoms with Crippen LogP contribution in [0.5, 0.6) is 0 Å². The van der Waals surface area contributed by atoms with E-state index >= 15 is 0 Å². The quantitative estimate of drug-likeness (QED) is 0.611. The maximum Gasteiger partial charge on any atom is 0.255 e. The smallest absolute Gasteiger partial charge is 0.255 e. The summed E-state index contributed by atoms with van der Waals surface area (Å²) in [7, 11) is -3.66. The lowest BCUT2D eigenvalue weighted by atomic mass is 10.2. The summed E-state index contributed by atoms with van der Waals surface area (Å²) >= 11 is 1.66. The van der Waals surface area contributed by atoms with Crippen LogP contribution in [0.3, 0.4) is 0 Å². The summed E-state index contributed by atoms with van der Waals surface area (Å²) < 4.78 is 27.8. The summed E-state index contributed by atoms with van der Waals surface area (Å²) in [6.07, 6.45) is 3.11. The van der Waals surface area contributed by atoms with E-state index in [0.29, 0.717) is 34.9 Å². The lowest BCUT2D eigenvalue weighted by molar-refractivity contribution is 0.0694. The first-order valence-corrected chi connectivity index (χ1v) is 12.2. The van der Waals surface area contributed by atoms with Crippen LogP contribution >= 0.6 is 11.8 Å². The van der Waals surface area contributed by atoms with E-state index in [0.717, 1.165) is 4.90 Å². The van der Waals surface area contributed by atoms with E-state index in [4.69, 9.17) is 0 Å². The normalized spacial score (nSPS) is 15.8. The van der Waals surface area contributed by atoms with Gasteiger partial charge in [0.25, 0.3) is 5.91 Å². The van der Waals surface area contributed by atoms with Crippen LogP contribution in [0.1, 0.15) is 24.2 Å². The number of aromatic nitrogens is 2. The van der Waals surface area contributed by atoms with Gasteiger partial charge in [-0.25, -0.2) is 13.4 Å². The molecule has 1 aliphatic rings. The van der Waals surface area contributed by atoms with Crippen molar-refractivity contribution in [3.8, 4) is 0 Å². The Morgan fingerprint density at radius 2 is 1.83 bits per heavy atom. The second-order valence-electron chi connectivity index (χ2n) is 7.41. The largest absolute Gasteiger partial charge is 0.345 e. The number of hydrogen-bond donors (Lipinski definition) is 1. The maximum atomic E-state index is 13.2. The van der Waals surface area contributed by atoms with Crippen LogP contribution in [0.4, 0.5) is 0 Å². The summed E-state index contributed by atoms with van der Waals surface area (Å²) in [5, 5.41) is 0.947. The van der Waals surface area contributed by atoms with Gasteiger partial charge in [0, 0.05) is 54.1 Å². The zero-order valence-electron chi connectivity index (χ0n) is 16.9. The van der Waals surface area contributed by atoms with Gasteiger partial charge in [0.2, 0.25) is 10.0 Å². The topological polar surface area (TPSA) is 86.4 Å². The number of rotatable bonds is 5. The van der Waals surface area contributed by atoms with E-state index in [1.54, 1.807) is 35.0 Å². The Labute approximate surface area is 180 Å². The van der Waals surface area contributed by atoms with Crippen molar-refractivity contribution in [1.29, 1.82) is 0 Å². The number of aromatic amines is 1. The third kappa shape index (κ3) is 3.97. The molecule has 30 heavy (non-hydrogen) atoms. The lowest BCUT2D eigenvalue weighted by Gasteiger charge is -2.34. The van der Waals surface area contributed by atoms with E-state index in [9.17, 15) is 13.2 Å². The number of carbonyl (C=O) groups is 1. The first-order chi connectivity index (χ1) is 14.4.